The zero-order chi connectivity index (χ0) is 9.97. The highest BCUT2D eigenvalue weighted by atomic mass is 35.5. The molecule has 0 radical (unpaired) electrons. The standard InChI is InChI=1S/C10H8N2O2.ClH/c13-10(14)8-3-1-2-7(4-8)9-5-11-6-12-9;/h1-6H,(H,11,12)(H,13,14);1H. The minimum atomic E-state index is -0.925. The number of nitrogens with zero attached hydrogens (tertiary/aromatic N) is 1. The molecule has 0 aliphatic heterocycles. The van der Waals surface area contributed by atoms with E-state index < -0.39 is 5.97 Å². The van der Waals surface area contributed by atoms with Gasteiger partial charge in [0, 0.05) is 5.56 Å². The third kappa shape index (κ3) is 2.35. The van der Waals surface area contributed by atoms with Crippen LogP contribution < -0.4 is 0 Å². The number of hydrogen-bond donors (Lipinski definition) is 2. The largest absolute Gasteiger partial charge is 0.478 e. The van der Waals surface area contributed by atoms with E-state index in [-0.39, 0.29) is 18.0 Å². The maximum absolute atomic E-state index is 10.7. The van der Waals surface area contributed by atoms with Crippen molar-refractivity contribution >= 4 is 18.4 Å². The summed E-state index contributed by atoms with van der Waals surface area (Å²) in [4.78, 5) is 17.5. The van der Waals surface area contributed by atoms with Gasteiger partial charge in [0.1, 0.15) is 0 Å². The summed E-state index contributed by atoms with van der Waals surface area (Å²) in [5.74, 6) is -0.925. The first-order valence-corrected chi connectivity index (χ1v) is 4.09. The van der Waals surface area contributed by atoms with Gasteiger partial charge in [-0.25, -0.2) is 9.78 Å². The second-order valence-corrected chi connectivity index (χ2v) is 2.85. The minimum Gasteiger partial charge on any atom is -0.478 e. The molecule has 0 aliphatic rings. The highest BCUT2D eigenvalue weighted by molar-refractivity contribution is 5.89. The Balaban J connectivity index is 0.00000112. The van der Waals surface area contributed by atoms with Crippen molar-refractivity contribution < 1.29 is 9.90 Å². The van der Waals surface area contributed by atoms with Crippen LogP contribution in [0.25, 0.3) is 11.3 Å². The van der Waals surface area contributed by atoms with Crippen LogP contribution in [-0.2, 0) is 0 Å². The highest BCUT2D eigenvalue weighted by Gasteiger charge is 2.04. The first kappa shape index (κ1) is 11.3. The quantitative estimate of drug-likeness (QED) is 0.822. The monoisotopic (exact) mass is 224 g/mol. The Kier molecular flexibility index (Phi) is 3.46. The fourth-order valence-electron chi connectivity index (χ4n) is 1.23. The summed E-state index contributed by atoms with van der Waals surface area (Å²) in [5, 5.41) is 8.78. The Morgan fingerprint density at radius 2 is 2.20 bits per heavy atom. The summed E-state index contributed by atoms with van der Waals surface area (Å²) in [6, 6.07) is 6.71. The Labute approximate surface area is 92.4 Å². The molecule has 5 heteroatoms. The normalized spacial score (nSPS) is 9.33. The third-order valence-corrected chi connectivity index (χ3v) is 1.92. The molecule has 1 aromatic carbocycles. The number of benzene rings is 1. The molecule has 1 aromatic heterocycles. The van der Waals surface area contributed by atoms with E-state index in [2.05, 4.69) is 9.97 Å². The molecular weight excluding hydrogens is 216 g/mol. The van der Waals surface area contributed by atoms with Gasteiger partial charge < -0.3 is 10.1 Å². The molecule has 0 unspecified atom stereocenters. The molecule has 2 rings (SSSR count). The lowest BCUT2D eigenvalue weighted by atomic mass is 10.1. The van der Waals surface area contributed by atoms with Crippen molar-refractivity contribution in [2.75, 3.05) is 0 Å². The molecule has 0 saturated carbocycles. The first-order chi connectivity index (χ1) is 6.77. The summed E-state index contributed by atoms with van der Waals surface area (Å²) in [5.41, 5.74) is 1.91. The summed E-state index contributed by atoms with van der Waals surface area (Å²) in [6.07, 6.45) is 3.21. The van der Waals surface area contributed by atoms with Gasteiger partial charge in [-0.1, -0.05) is 12.1 Å². The second kappa shape index (κ2) is 4.61. The smallest absolute Gasteiger partial charge is 0.335 e. The van der Waals surface area contributed by atoms with Crippen LogP contribution >= 0.6 is 12.4 Å². The van der Waals surface area contributed by atoms with Gasteiger partial charge in [-0.3, -0.25) is 0 Å². The molecule has 2 N–H and O–H groups in total. The van der Waals surface area contributed by atoms with Crippen LogP contribution in [0.1, 0.15) is 10.4 Å². The van der Waals surface area contributed by atoms with Crippen LogP contribution in [0, 0.1) is 0 Å². The average molecular weight is 225 g/mol. The number of nitrogens with one attached hydrogen (secondary N) is 1. The van der Waals surface area contributed by atoms with Crippen LogP contribution in [0.15, 0.2) is 36.8 Å². The summed E-state index contributed by atoms with van der Waals surface area (Å²) in [7, 11) is 0. The van der Waals surface area contributed by atoms with Gasteiger partial charge in [0.05, 0.1) is 23.8 Å². The number of imidazole rings is 1. The van der Waals surface area contributed by atoms with Crippen LogP contribution in [0.2, 0.25) is 0 Å². The SMILES string of the molecule is Cl.O=C(O)c1cccc(-c2cnc[nH]2)c1. The molecule has 0 bridgehead atoms. The second-order valence-electron chi connectivity index (χ2n) is 2.85. The summed E-state index contributed by atoms with van der Waals surface area (Å²) < 4.78 is 0. The number of H-pyrrole nitrogens is 1. The van der Waals surface area contributed by atoms with Crippen molar-refractivity contribution in [2.45, 2.75) is 0 Å². The number of aromatic nitrogens is 2. The lowest BCUT2D eigenvalue weighted by Gasteiger charge is -1.98. The van der Waals surface area contributed by atoms with E-state index in [0.29, 0.717) is 0 Å². The molecule has 78 valence electrons. The highest BCUT2D eigenvalue weighted by Crippen LogP contribution is 2.16. The van der Waals surface area contributed by atoms with Gasteiger partial charge in [-0.15, -0.1) is 12.4 Å². The minimum absolute atomic E-state index is 0. The number of halogens is 1. The van der Waals surface area contributed by atoms with Gasteiger partial charge in [0.15, 0.2) is 0 Å². The number of aromatic amines is 1. The van der Waals surface area contributed by atoms with Crippen LogP contribution in [0.4, 0.5) is 0 Å². The van der Waals surface area contributed by atoms with E-state index in [1.807, 2.05) is 6.07 Å². The van der Waals surface area contributed by atoms with Crippen LogP contribution in [-0.4, -0.2) is 21.0 Å². The van der Waals surface area contributed by atoms with Crippen molar-refractivity contribution in [1.82, 2.24) is 9.97 Å². The van der Waals surface area contributed by atoms with Crippen molar-refractivity contribution in [1.29, 1.82) is 0 Å². The molecule has 2 aromatic rings. The van der Waals surface area contributed by atoms with Crippen molar-refractivity contribution in [3.63, 3.8) is 0 Å². The molecular formula is C10H9ClN2O2. The number of hydrogen-bond acceptors (Lipinski definition) is 2. The summed E-state index contributed by atoms with van der Waals surface area (Å²) in [6.45, 7) is 0. The van der Waals surface area contributed by atoms with Gasteiger partial charge >= 0.3 is 5.97 Å². The van der Waals surface area contributed by atoms with Gasteiger partial charge in [0.2, 0.25) is 0 Å². The zero-order valence-electron chi connectivity index (χ0n) is 7.68. The molecule has 1 heterocycles. The van der Waals surface area contributed by atoms with Gasteiger partial charge in [-0.2, -0.15) is 0 Å². The Bertz CT molecular complexity index is 454. The zero-order valence-corrected chi connectivity index (χ0v) is 8.49. The van der Waals surface area contributed by atoms with Gasteiger partial charge in [-0.05, 0) is 12.1 Å². The number of aromatic carboxylic acids is 1. The molecule has 0 fully saturated rings. The van der Waals surface area contributed by atoms with E-state index in [1.165, 1.54) is 0 Å². The first-order valence-electron chi connectivity index (χ1n) is 4.09. The predicted octanol–water partition coefficient (Wildman–Crippen LogP) is 2.20. The van der Waals surface area contributed by atoms with Crippen LogP contribution in [0.5, 0.6) is 0 Å². The predicted molar refractivity (Wildman–Crippen MR) is 58.2 cm³/mol. The Morgan fingerprint density at radius 3 is 2.80 bits per heavy atom. The van der Waals surface area contributed by atoms with E-state index in [1.54, 1.807) is 30.7 Å². The molecule has 0 spiro atoms. The topological polar surface area (TPSA) is 66.0 Å². The lowest BCUT2D eigenvalue weighted by molar-refractivity contribution is 0.0697. The van der Waals surface area contributed by atoms with E-state index in [4.69, 9.17) is 5.11 Å². The van der Waals surface area contributed by atoms with E-state index >= 15 is 0 Å². The molecule has 0 aliphatic carbocycles. The average Bonchev–Trinajstić information content (AvgIpc) is 2.71. The summed E-state index contributed by atoms with van der Waals surface area (Å²) >= 11 is 0. The van der Waals surface area contributed by atoms with Crippen LogP contribution in [0.3, 0.4) is 0 Å². The molecule has 0 atom stereocenters. The number of carboxylic acids is 1. The molecule has 4 nitrogen and oxygen atoms in total. The third-order valence-electron chi connectivity index (χ3n) is 1.92. The van der Waals surface area contributed by atoms with Crippen molar-refractivity contribution in [3.8, 4) is 11.3 Å². The fourth-order valence-corrected chi connectivity index (χ4v) is 1.23. The number of carbonyl (C=O) groups is 1. The van der Waals surface area contributed by atoms with Gasteiger partial charge in [0.25, 0.3) is 0 Å². The maximum atomic E-state index is 10.7. The lowest BCUT2D eigenvalue weighted by Crippen LogP contribution is -1.95. The Morgan fingerprint density at radius 1 is 1.40 bits per heavy atom. The maximum Gasteiger partial charge on any atom is 0.335 e. The Hall–Kier alpha value is -1.81. The molecule has 0 amide bonds. The molecule has 15 heavy (non-hydrogen) atoms. The number of rotatable bonds is 2. The van der Waals surface area contributed by atoms with Crippen molar-refractivity contribution in [3.05, 3.63) is 42.4 Å². The molecule has 0 saturated heterocycles. The van der Waals surface area contributed by atoms with E-state index in [0.717, 1.165) is 11.3 Å². The number of carboxylic acid groups (broad SMARTS) is 1. The fraction of sp³-hybridized carbons (Fsp3) is 0. The van der Waals surface area contributed by atoms with Crippen molar-refractivity contribution in [2.24, 2.45) is 0 Å². The van der Waals surface area contributed by atoms with E-state index in [9.17, 15) is 4.79 Å².